The Hall–Kier alpha value is 5.47. The summed E-state index contributed by atoms with van der Waals surface area (Å²) in [6, 6.07) is 0. The molecule has 21 radical (unpaired) electrons. The van der Waals surface area contributed by atoms with E-state index < -0.39 is 0 Å². The van der Waals surface area contributed by atoms with Gasteiger partial charge in [-0.1, -0.05) is 0 Å². The van der Waals surface area contributed by atoms with Crippen molar-refractivity contribution in [1.82, 2.24) is 0 Å². The zero-order valence-corrected chi connectivity index (χ0v) is 20.3. The average molecular weight is 546 g/mol. The van der Waals surface area contributed by atoms with Gasteiger partial charge in [-0.3, -0.25) is 0 Å². The Balaban J connectivity index is 0. The first-order valence-corrected chi connectivity index (χ1v) is 0. The van der Waals surface area contributed by atoms with Crippen LogP contribution in [0.25, 0.3) is 0 Å². The topological polar surface area (TPSA) is 0 Å². The fourth-order valence-electron chi connectivity index (χ4n) is 0. The standard InChI is InChI=1S/7Al.2Hf. The summed E-state index contributed by atoms with van der Waals surface area (Å²) in [5.41, 5.74) is 0. The Labute approximate surface area is 169 Å². The first-order chi connectivity index (χ1) is 0. The second kappa shape index (κ2) is 70.0. The predicted octanol–water partition coefficient (Wildman–Crippen LogP) is -2.67. The summed E-state index contributed by atoms with van der Waals surface area (Å²) in [4.78, 5) is 0. The number of hydrogen-bond acceptors (Lipinski definition) is 0. The van der Waals surface area contributed by atoms with Crippen molar-refractivity contribution < 1.29 is 51.7 Å². The van der Waals surface area contributed by atoms with E-state index in [1.54, 1.807) is 0 Å². The van der Waals surface area contributed by atoms with E-state index in [-0.39, 0.29) is 173 Å². The summed E-state index contributed by atoms with van der Waals surface area (Å²) in [5, 5.41) is 0. The van der Waals surface area contributed by atoms with E-state index in [0.29, 0.717) is 0 Å². The molecular weight excluding hydrogens is 546 g/mol. The van der Waals surface area contributed by atoms with Gasteiger partial charge in [0.15, 0.2) is 0 Å². The van der Waals surface area contributed by atoms with Gasteiger partial charge in [0.1, 0.15) is 0 Å². The summed E-state index contributed by atoms with van der Waals surface area (Å²) in [5.74, 6) is 0. The molecule has 0 nitrogen and oxygen atoms in total. The zero-order valence-electron chi connectivity index (χ0n) is 5.04. The molecule has 0 fully saturated rings. The molecule has 0 atom stereocenters. The van der Waals surface area contributed by atoms with E-state index in [1.165, 1.54) is 0 Å². The first kappa shape index (κ1) is 87.8. The van der Waals surface area contributed by atoms with Gasteiger partial charge in [0.25, 0.3) is 0 Å². The molecule has 0 aliphatic heterocycles. The van der Waals surface area contributed by atoms with Gasteiger partial charge >= 0.3 is 0 Å². The Bertz CT molecular complexity index is 6.88. The Morgan fingerprint density at radius 1 is 0.222 bits per heavy atom. The molecule has 0 aromatic heterocycles. The Kier molecular flexibility index (Phi) is 683. The molecule has 29 valence electrons. The van der Waals surface area contributed by atoms with Crippen LogP contribution in [0.2, 0.25) is 0 Å². The minimum absolute atomic E-state index is 0. The van der Waals surface area contributed by atoms with Gasteiger partial charge in [-0.15, -0.1) is 0 Å². The van der Waals surface area contributed by atoms with Crippen LogP contribution in [0.1, 0.15) is 0 Å². The maximum Gasteiger partial charge on any atom is 0 e. The smallest absolute Gasteiger partial charge is 0 e. The molecule has 0 spiro atoms. The van der Waals surface area contributed by atoms with Gasteiger partial charge in [-0.2, -0.15) is 0 Å². The van der Waals surface area contributed by atoms with E-state index in [0.717, 1.165) is 0 Å². The third-order valence-electron chi connectivity index (χ3n) is 0. The summed E-state index contributed by atoms with van der Waals surface area (Å²) in [7, 11) is 0. The van der Waals surface area contributed by atoms with Crippen LogP contribution in [-0.4, -0.2) is 122 Å². The van der Waals surface area contributed by atoms with Crippen molar-refractivity contribution in [2.45, 2.75) is 0 Å². The van der Waals surface area contributed by atoms with Gasteiger partial charge < -0.3 is 0 Å². The van der Waals surface area contributed by atoms with Crippen LogP contribution in [0, 0.1) is 0 Å². The van der Waals surface area contributed by atoms with Crippen LogP contribution in [-0.2, 0) is 51.7 Å². The molecule has 9 heavy (non-hydrogen) atoms. The molecule has 0 aromatic rings. The van der Waals surface area contributed by atoms with Crippen LogP contribution in [0.5, 0.6) is 0 Å². The van der Waals surface area contributed by atoms with Gasteiger partial charge in [-0.05, 0) is 0 Å². The van der Waals surface area contributed by atoms with E-state index in [1.807, 2.05) is 0 Å². The van der Waals surface area contributed by atoms with Crippen LogP contribution in [0.15, 0.2) is 0 Å². The van der Waals surface area contributed by atoms with Crippen LogP contribution >= 0.6 is 0 Å². The Morgan fingerprint density at radius 3 is 0.222 bits per heavy atom. The number of rotatable bonds is 0. The van der Waals surface area contributed by atoms with Crippen molar-refractivity contribution in [3.8, 4) is 0 Å². The molecule has 0 N–H and O–H groups in total. The fourth-order valence-corrected chi connectivity index (χ4v) is 0. The molecule has 0 saturated carbocycles. The quantitative estimate of drug-likeness (QED) is 0.292. The van der Waals surface area contributed by atoms with E-state index in [2.05, 4.69) is 0 Å². The van der Waals surface area contributed by atoms with Crippen molar-refractivity contribution in [2.75, 3.05) is 0 Å². The molecule has 0 saturated heterocycles. The molecule has 0 aromatic carbocycles. The third-order valence-corrected chi connectivity index (χ3v) is 0. The van der Waals surface area contributed by atoms with Crippen molar-refractivity contribution in [3.05, 3.63) is 0 Å². The van der Waals surface area contributed by atoms with Gasteiger partial charge in [0.2, 0.25) is 0 Å². The largest absolute Gasteiger partial charge is 0 e. The maximum atomic E-state index is 0. The summed E-state index contributed by atoms with van der Waals surface area (Å²) in [6.07, 6.45) is 0. The van der Waals surface area contributed by atoms with Crippen LogP contribution in [0.4, 0.5) is 0 Å². The minimum Gasteiger partial charge on any atom is 0 e. The molecule has 9 heteroatoms. The normalized spacial score (nSPS) is 0. The SMILES string of the molecule is [Al].[Al].[Al].[Al].[Al].[Al].[Al].[Hf].[Hf]. The van der Waals surface area contributed by atoms with Gasteiger partial charge in [-0.25, -0.2) is 0 Å². The fraction of sp³-hybridized carbons (Fsp3) is 0. The molecule has 0 aliphatic rings. The summed E-state index contributed by atoms with van der Waals surface area (Å²) >= 11 is 0. The summed E-state index contributed by atoms with van der Waals surface area (Å²) < 4.78 is 0. The van der Waals surface area contributed by atoms with E-state index >= 15 is 0 Å². The first-order valence-electron chi connectivity index (χ1n) is 0. The molecule has 0 amide bonds. The van der Waals surface area contributed by atoms with Crippen LogP contribution in [0.3, 0.4) is 0 Å². The van der Waals surface area contributed by atoms with Crippen molar-refractivity contribution in [3.63, 3.8) is 0 Å². The Morgan fingerprint density at radius 2 is 0.222 bits per heavy atom. The third kappa shape index (κ3) is 59.2. The van der Waals surface area contributed by atoms with Crippen LogP contribution < -0.4 is 0 Å². The van der Waals surface area contributed by atoms with E-state index in [9.17, 15) is 0 Å². The van der Waals surface area contributed by atoms with Crippen molar-refractivity contribution >= 4 is 122 Å². The second-order valence-electron chi connectivity index (χ2n) is 0. The molecule has 0 heterocycles. The van der Waals surface area contributed by atoms with Gasteiger partial charge in [0.05, 0.1) is 0 Å². The minimum atomic E-state index is 0. The average Bonchev–Trinajstić information content (AvgIpc) is 0. The number of hydrogen-bond donors (Lipinski definition) is 0. The second-order valence-corrected chi connectivity index (χ2v) is 0. The molecular formula is Al7Hf2. The predicted molar refractivity (Wildman–Crippen MR) is 40.3 cm³/mol. The van der Waals surface area contributed by atoms with Crippen molar-refractivity contribution in [2.24, 2.45) is 0 Å². The maximum absolute atomic E-state index is 0. The summed E-state index contributed by atoms with van der Waals surface area (Å²) in [6.45, 7) is 0. The monoisotopic (exact) mass is 549 g/mol. The molecule has 0 bridgehead atoms. The van der Waals surface area contributed by atoms with Gasteiger partial charge in [0, 0.05) is 173 Å². The molecule has 0 rings (SSSR count). The molecule has 0 aliphatic carbocycles. The van der Waals surface area contributed by atoms with Crippen molar-refractivity contribution in [1.29, 1.82) is 0 Å². The van der Waals surface area contributed by atoms with E-state index in [4.69, 9.17) is 0 Å². The zero-order chi connectivity index (χ0) is 0. The molecule has 0 unspecified atom stereocenters.